The number of allylic oxidation sites excluding steroid dienone is 1. The number of nitrogens with one attached hydrogen (secondary N) is 2. The third kappa shape index (κ3) is 3.36. The van der Waals surface area contributed by atoms with E-state index >= 15 is 0 Å². The maximum absolute atomic E-state index is 12.9. The molecule has 0 spiro atoms. The van der Waals surface area contributed by atoms with E-state index in [0.29, 0.717) is 22.5 Å². The van der Waals surface area contributed by atoms with Crippen LogP contribution in [-0.2, 0) is 9.53 Å². The number of carbonyl (C=O) groups is 1. The number of anilines is 1. The number of ether oxygens (including phenoxy) is 1. The fourth-order valence-electron chi connectivity index (χ4n) is 3.10. The molecule has 2 aromatic rings. The fraction of sp³-hybridized carbons (Fsp3) is 0.300. The maximum atomic E-state index is 12.9. The Kier molecular flexibility index (Phi) is 4.25. The summed E-state index contributed by atoms with van der Waals surface area (Å²) < 4.78 is 5.61. The van der Waals surface area contributed by atoms with Gasteiger partial charge in [-0.1, -0.05) is 30.3 Å². The Bertz CT molecular complexity index is 889. The summed E-state index contributed by atoms with van der Waals surface area (Å²) in [5.74, 6) is -0.891. The molecule has 0 radical (unpaired) electrons. The monoisotopic (exact) mass is 338 g/mol. The van der Waals surface area contributed by atoms with Crippen molar-refractivity contribution in [3.63, 3.8) is 0 Å². The van der Waals surface area contributed by atoms with Gasteiger partial charge in [-0.3, -0.25) is 4.79 Å². The van der Waals surface area contributed by atoms with Crippen LogP contribution in [0.5, 0.6) is 0 Å². The van der Waals surface area contributed by atoms with Gasteiger partial charge in [-0.05, 0) is 39.3 Å². The first-order chi connectivity index (χ1) is 11.8. The fourth-order valence-corrected chi connectivity index (χ4v) is 3.10. The minimum Gasteiger partial charge on any atom is -0.457 e. The van der Waals surface area contributed by atoms with Gasteiger partial charge in [0.1, 0.15) is 5.60 Å². The third-order valence-electron chi connectivity index (χ3n) is 4.05. The van der Waals surface area contributed by atoms with Crippen LogP contribution in [0.4, 0.5) is 5.69 Å². The second-order valence-corrected chi connectivity index (χ2v) is 7.14. The molecule has 1 aromatic carbocycles. The summed E-state index contributed by atoms with van der Waals surface area (Å²) in [7, 11) is 0. The zero-order valence-electron chi connectivity index (χ0n) is 14.8. The Balaban J connectivity index is 2.20. The summed E-state index contributed by atoms with van der Waals surface area (Å²) in [5.41, 5.74) is 2.44. The number of hydrogen-bond acceptors (Lipinski definition) is 4. The number of aromatic nitrogens is 1. The van der Waals surface area contributed by atoms with E-state index in [-0.39, 0.29) is 5.56 Å². The molecule has 1 aromatic heterocycles. The summed E-state index contributed by atoms with van der Waals surface area (Å²) in [6.07, 6.45) is 1.60. The predicted octanol–water partition coefficient (Wildman–Crippen LogP) is 3.55. The van der Waals surface area contributed by atoms with Crippen molar-refractivity contribution in [1.29, 1.82) is 0 Å². The van der Waals surface area contributed by atoms with E-state index < -0.39 is 17.5 Å². The van der Waals surface area contributed by atoms with Gasteiger partial charge < -0.3 is 15.0 Å². The number of esters is 1. The van der Waals surface area contributed by atoms with Gasteiger partial charge in [-0.15, -0.1) is 0 Å². The zero-order valence-corrected chi connectivity index (χ0v) is 14.8. The number of carbonyl (C=O) groups excluding carboxylic acids is 1. The third-order valence-corrected chi connectivity index (χ3v) is 4.05. The zero-order chi connectivity index (χ0) is 18.2. The second-order valence-electron chi connectivity index (χ2n) is 7.14. The lowest BCUT2D eigenvalue weighted by atomic mass is 9.81. The van der Waals surface area contributed by atoms with Gasteiger partial charge in [0, 0.05) is 17.6 Å². The summed E-state index contributed by atoms with van der Waals surface area (Å²) in [4.78, 5) is 28.1. The highest BCUT2D eigenvalue weighted by molar-refractivity contribution is 5.94. The molecule has 1 atom stereocenters. The quantitative estimate of drug-likeness (QED) is 0.822. The molecule has 25 heavy (non-hydrogen) atoms. The van der Waals surface area contributed by atoms with Crippen molar-refractivity contribution in [1.82, 2.24) is 4.98 Å². The number of pyridine rings is 1. The van der Waals surface area contributed by atoms with Crippen LogP contribution >= 0.6 is 0 Å². The predicted molar refractivity (Wildman–Crippen MR) is 97.5 cm³/mol. The van der Waals surface area contributed by atoms with Crippen LogP contribution in [0.1, 0.15) is 44.7 Å². The minimum absolute atomic E-state index is 0.215. The Morgan fingerprint density at radius 1 is 1.12 bits per heavy atom. The van der Waals surface area contributed by atoms with E-state index in [9.17, 15) is 9.59 Å². The lowest BCUT2D eigenvalue weighted by Crippen LogP contribution is -2.33. The number of fused-ring (bicyclic) bond motifs is 1. The average Bonchev–Trinajstić information content (AvgIpc) is 2.53. The first-order valence-electron chi connectivity index (χ1n) is 8.25. The van der Waals surface area contributed by atoms with Crippen molar-refractivity contribution in [3.8, 4) is 0 Å². The standard InChI is InChI=1S/C20H22N2O3/c1-12-15(19(24)25-20(2,3)4)16(13-8-6-5-7-9-13)17-14(22-12)10-11-21-18(17)23/h5-11,16,22H,1-4H3,(H,21,23). The van der Waals surface area contributed by atoms with Crippen LogP contribution in [0.15, 0.2) is 58.7 Å². The molecule has 2 heterocycles. The molecule has 1 aliphatic heterocycles. The molecule has 2 N–H and O–H groups in total. The van der Waals surface area contributed by atoms with E-state index in [1.54, 1.807) is 6.20 Å². The molecule has 0 bridgehead atoms. The molecule has 0 saturated heterocycles. The van der Waals surface area contributed by atoms with Gasteiger partial charge in [0.15, 0.2) is 0 Å². The van der Waals surface area contributed by atoms with Gasteiger partial charge in [-0.25, -0.2) is 4.79 Å². The van der Waals surface area contributed by atoms with Crippen LogP contribution in [0.2, 0.25) is 0 Å². The van der Waals surface area contributed by atoms with Gasteiger partial charge in [0.2, 0.25) is 0 Å². The maximum Gasteiger partial charge on any atom is 0.337 e. The highest BCUT2D eigenvalue weighted by Crippen LogP contribution is 2.40. The summed E-state index contributed by atoms with van der Waals surface area (Å²) in [5, 5.41) is 3.18. The largest absolute Gasteiger partial charge is 0.457 e. The van der Waals surface area contributed by atoms with Crippen molar-refractivity contribution < 1.29 is 9.53 Å². The number of aromatic amines is 1. The van der Waals surface area contributed by atoms with E-state index in [1.165, 1.54) is 0 Å². The van der Waals surface area contributed by atoms with E-state index in [1.807, 2.05) is 64.1 Å². The first kappa shape index (κ1) is 17.0. The molecule has 5 nitrogen and oxygen atoms in total. The van der Waals surface area contributed by atoms with Crippen molar-refractivity contribution in [3.05, 3.63) is 75.3 Å². The first-order valence-corrected chi connectivity index (χ1v) is 8.25. The summed E-state index contributed by atoms with van der Waals surface area (Å²) in [6, 6.07) is 11.4. The van der Waals surface area contributed by atoms with E-state index in [4.69, 9.17) is 4.74 Å². The van der Waals surface area contributed by atoms with Crippen LogP contribution in [0.3, 0.4) is 0 Å². The minimum atomic E-state index is -0.616. The number of benzene rings is 1. The molecule has 5 heteroatoms. The molecule has 0 aliphatic carbocycles. The van der Waals surface area contributed by atoms with Gasteiger partial charge in [-0.2, -0.15) is 0 Å². The molecule has 3 rings (SSSR count). The van der Waals surface area contributed by atoms with Crippen molar-refractivity contribution in [2.45, 2.75) is 39.2 Å². The van der Waals surface area contributed by atoms with Gasteiger partial charge in [0.25, 0.3) is 5.56 Å². The Morgan fingerprint density at radius 3 is 2.44 bits per heavy atom. The van der Waals surface area contributed by atoms with Crippen molar-refractivity contribution in [2.75, 3.05) is 5.32 Å². The summed E-state index contributed by atoms with van der Waals surface area (Å²) >= 11 is 0. The lowest BCUT2D eigenvalue weighted by molar-refractivity contribution is -0.150. The Morgan fingerprint density at radius 2 is 1.80 bits per heavy atom. The van der Waals surface area contributed by atoms with Crippen molar-refractivity contribution >= 4 is 11.7 Å². The van der Waals surface area contributed by atoms with E-state index in [0.717, 1.165) is 5.56 Å². The number of H-pyrrole nitrogens is 1. The number of rotatable bonds is 2. The second kappa shape index (κ2) is 6.24. The SMILES string of the molecule is CC1=C(C(=O)OC(C)(C)C)C(c2ccccc2)c2c(cc[nH]c2=O)N1. The van der Waals surface area contributed by atoms with Crippen LogP contribution in [0, 0.1) is 0 Å². The van der Waals surface area contributed by atoms with Crippen LogP contribution < -0.4 is 10.9 Å². The van der Waals surface area contributed by atoms with Gasteiger partial charge >= 0.3 is 5.97 Å². The molecule has 1 aliphatic rings. The van der Waals surface area contributed by atoms with Gasteiger partial charge in [0.05, 0.1) is 17.1 Å². The Hall–Kier alpha value is -2.82. The Labute approximate surface area is 146 Å². The van der Waals surface area contributed by atoms with E-state index in [2.05, 4.69) is 10.3 Å². The normalized spacial score (nSPS) is 16.9. The highest BCUT2D eigenvalue weighted by atomic mass is 16.6. The molecular weight excluding hydrogens is 316 g/mol. The topological polar surface area (TPSA) is 71.2 Å². The lowest BCUT2D eigenvalue weighted by Gasteiger charge is -2.31. The molecule has 0 amide bonds. The smallest absolute Gasteiger partial charge is 0.337 e. The highest BCUT2D eigenvalue weighted by Gasteiger charge is 2.36. The molecule has 130 valence electrons. The van der Waals surface area contributed by atoms with Crippen LogP contribution in [0.25, 0.3) is 0 Å². The molecule has 0 fully saturated rings. The summed E-state index contributed by atoms with van der Waals surface area (Å²) in [6.45, 7) is 7.32. The molecular formula is C20H22N2O3. The number of hydrogen-bond donors (Lipinski definition) is 2. The average molecular weight is 338 g/mol. The van der Waals surface area contributed by atoms with Crippen LogP contribution in [-0.4, -0.2) is 16.6 Å². The van der Waals surface area contributed by atoms with Crippen molar-refractivity contribution in [2.24, 2.45) is 0 Å². The molecule has 0 saturated carbocycles. The molecule has 1 unspecified atom stereocenters.